The Morgan fingerprint density at radius 3 is 2.58 bits per heavy atom. The SMILES string of the molecule is Cc1ccc(C)c(CNCC2(CCl)CCCCC2)c1. The zero-order chi connectivity index (χ0) is 13.7. The first-order valence-electron chi connectivity index (χ1n) is 7.48. The average molecular weight is 280 g/mol. The van der Waals surface area contributed by atoms with Crippen LogP contribution in [0.1, 0.15) is 48.8 Å². The van der Waals surface area contributed by atoms with E-state index in [1.807, 2.05) is 0 Å². The molecular weight excluding hydrogens is 254 g/mol. The van der Waals surface area contributed by atoms with Crippen molar-refractivity contribution in [2.24, 2.45) is 5.41 Å². The summed E-state index contributed by atoms with van der Waals surface area (Å²) < 4.78 is 0. The Morgan fingerprint density at radius 1 is 1.16 bits per heavy atom. The minimum Gasteiger partial charge on any atom is -0.312 e. The summed E-state index contributed by atoms with van der Waals surface area (Å²) in [7, 11) is 0. The summed E-state index contributed by atoms with van der Waals surface area (Å²) in [5, 5.41) is 3.65. The first-order chi connectivity index (χ1) is 9.15. The maximum Gasteiger partial charge on any atom is 0.0292 e. The van der Waals surface area contributed by atoms with Gasteiger partial charge in [0.05, 0.1) is 0 Å². The lowest BCUT2D eigenvalue weighted by molar-refractivity contribution is 0.212. The molecule has 0 saturated heterocycles. The molecule has 0 amide bonds. The zero-order valence-corrected chi connectivity index (χ0v) is 13.0. The Kier molecular flexibility index (Phi) is 5.29. The van der Waals surface area contributed by atoms with Crippen molar-refractivity contribution in [1.82, 2.24) is 5.32 Å². The second kappa shape index (κ2) is 6.76. The monoisotopic (exact) mass is 279 g/mol. The predicted octanol–water partition coefficient (Wildman–Crippen LogP) is 4.58. The van der Waals surface area contributed by atoms with E-state index >= 15 is 0 Å². The molecule has 1 aromatic carbocycles. The van der Waals surface area contributed by atoms with Crippen LogP contribution < -0.4 is 5.32 Å². The minimum absolute atomic E-state index is 0.345. The third-order valence-corrected chi connectivity index (χ3v) is 5.08. The van der Waals surface area contributed by atoms with Gasteiger partial charge in [0, 0.05) is 19.0 Å². The van der Waals surface area contributed by atoms with Crippen molar-refractivity contribution in [3.05, 3.63) is 34.9 Å². The molecule has 1 nitrogen and oxygen atoms in total. The first kappa shape index (κ1) is 14.9. The maximum absolute atomic E-state index is 6.24. The summed E-state index contributed by atoms with van der Waals surface area (Å²) in [5.74, 6) is 0.798. The van der Waals surface area contributed by atoms with Crippen LogP contribution in [0, 0.1) is 19.3 Å². The van der Waals surface area contributed by atoms with E-state index in [2.05, 4.69) is 37.4 Å². The minimum atomic E-state index is 0.345. The van der Waals surface area contributed by atoms with Gasteiger partial charge in [-0.25, -0.2) is 0 Å². The highest BCUT2D eigenvalue weighted by Gasteiger charge is 2.30. The molecule has 2 heteroatoms. The predicted molar refractivity (Wildman–Crippen MR) is 83.9 cm³/mol. The third-order valence-electron chi connectivity index (χ3n) is 4.52. The Balaban J connectivity index is 1.90. The molecule has 106 valence electrons. The lowest BCUT2D eigenvalue weighted by atomic mass is 9.75. The fourth-order valence-corrected chi connectivity index (χ4v) is 3.47. The van der Waals surface area contributed by atoms with Gasteiger partial charge in [-0.1, -0.05) is 43.0 Å². The smallest absolute Gasteiger partial charge is 0.0292 e. The van der Waals surface area contributed by atoms with Crippen LogP contribution >= 0.6 is 11.6 Å². The van der Waals surface area contributed by atoms with Crippen molar-refractivity contribution >= 4 is 11.6 Å². The summed E-state index contributed by atoms with van der Waals surface area (Å²) in [6, 6.07) is 6.68. The molecule has 1 saturated carbocycles. The molecule has 0 atom stereocenters. The summed E-state index contributed by atoms with van der Waals surface area (Å²) in [4.78, 5) is 0. The zero-order valence-electron chi connectivity index (χ0n) is 12.3. The second-order valence-corrected chi connectivity index (χ2v) is 6.50. The Bertz CT molecular complexity index is 408. The topological polar surface area (TPSA) is 12.0 Å². The van der Waals surface area contributed by atoms with Crippen molar-refractivity contribution in [3.63, 3.8) is 0 Å². The van der Waals surface area contributed by atoms with Gasteiger partial charge in [-0.3, -0.25) is 0 Å². The third kappa shape index (κ3) is 3.97. The number of hydrogen-bond donors (Lipinski definition) is 1. The first-order valence-corrected chi connectivity index (χ1v) is 8.01. The highest BCUT2D eigenvalue weighted by Crippen LogP contribution is 2.36. The fraction of sp³-hybridized carbons (Fsp3) is 0.647. The van der Waals surface area contributed by atoms with E-state index in [0.29, 0.717) is 5.41 Å². The van der Waals surface area contributed by atoms with Gasteiger partial charge in [-0.2, -0.15) is 0 Å². The lowest BCUT2D eigenvalue weighted by Gasteiger charge is -2.35. The molecule has 2 rings (SSSR count). The number of benzene rings is 1. The number of halogens is 1. The molecule has 0 aromatic heterocycles. The van der Waals surface area contributed by atoms with Crippen molar-refractivity contribution < 1.29 is 0 Å². The normalized spacial score (nSPS) is 18.5. The molecule has 0 radical (unpaired) electrons. The van der Waals surface area contributed by atoms with Gasteiger partial charge in [0.1, 0.15) is 0 Å². The van der Waals surface area contributed by atoms with Crippen LogP contribution in [0.4, 0.5) is 0 Å². The quantitative estimate of drug-likeness (QED) is 0.778. The van der Waals surface area contributed by atoms with Crippen LogP contribution in [-0.2, 0) is 6.54 Å². The van der Waals surface area contributed by atoms with Crippen LogP contribution in [-0.4, -0.2) is 12.4 Å². The number of nitrogens with one attached hydrogen (secondary N) is 1. The summed E-state index contributed by atoms with van der Waals surface area (Å²) in [6.07, 6.45) is 6.65. The van der Waals surface area contributed by atoms with E-state index in [9.17, 15) is 0 Å². The Hall–Kier alpha value is -0.530. The summed E-state index contributed by atoms with van der Waals surface area (Å²) >= 11 is 6.24. The van der Waals surface area contributed by atoms with Crippen molar-refractivity contribution in [1.29, 1.82) is 0 Å². The highest BCUT2D eigenvalue weighted by atomic mass is 35.5. The molecule has 0 heterocycles. The molecule has 1 aliphatic rings. The molecule has 0 spiro atoms. The van der Waals surface area contributed by atoms with E-state index in [0.717, 1.165) is 19.0 Å². The molecule has 1 fully saturated rings. The number of rotatable bonds is 5. The standard InChI is InChI=1S/C17H26ClN/c1-14-6-7-15(2)16(10-14)11-19-13-17(12-18)8-4-3-5-9-17/h6-7,10,19H,3-5,8-9,11-13H2,1-2H3. The number of alkyl halides is 1. The Labute approximate surface area is 122 Å². The van der Waals surface area contributed by atoms with Crippen LogP contribution in [0.25, 0.3) is 0 Å². The van der Waals surface area contributed by atoms with Gasteiger partial charge in [-0.15, -0.1) is 11.6 Å². The van der Waals surface area contributed by atoms with E-state index < -0.39 is 0 Å². The van der Waals surface area contributed by atoms with Crippen molar-refractivity contribution in [2.75, 3.05) is 12.4 Å². The number of hydrogen-bond acceptors (Lipinski definition) is 1. The molecule has 19 heavy (non-hydrogen) atoms. The van der Waals surface area contributed by atoms with Crippen molar-refractivity contribution in [2.45, 2.75) is 52.5 Å². The van der Waals surface area contributed by atoms with Crippen LogP contribution in [0.3, 0.4) is 0 Å². The molecule has 1 aliphatic carbocycles. The van der Waals surface area contributed by atoms with E-state index in [1.165, 1.54) is 48.8 Å². The van der Waals surface area contributed by atoms with Crippen LogP contribution in [0.5, 0.6) is 0 Å². The molecule has 0 unspecified atom stereocenters. The van der Waals surface area contributed by atoms with Crippen LogP contribution in [0.15, 0.2) is 18.2 Å². The second-order valence-electron chi connectivity index (χ2n) is 6.23. The summed E-state index contributed by atoms with van der Waals surface area (Å²) in [5.41, 5.74) is 4.48. The molecular formula is C17H26ClN. The van der Waals surface area contributed by atoms with E-state index in [-0.39, 0.29) is 0 Å². The Morgan fingerprint density at radius 2 is 1.89 bits per heavy atom. The lowest BCUT2D eigenvalue weighted by Crippen LogP contribution is -2.37. The van der Waals surface area contributed by atoms with Gasteiger partial charge in [0.2, 0.25) is 0 Å². The molecule has 1 N–H and O–H groups in total. The van der Waals surface area contributed by atoms with Gasteiger partial charge in [0.15, 0.2) is 0 Å². The fourth-order valence-electron chi connectivity index (χ4n) is 3.11. The number of aryl methyl sites for hydroxylation is 2. The van der Waals surface area contributed by atoms with Gasteiger partial charge in [0.25, 0.3) is 0 Å². The van der Waals surface area contributed by atoms with Gasteiger partial charge in [-0.05, 0) is 43.2 Å². The largest absolute Gasteiger partial charge is 0.312 e. The van der Waals surface area contributed by atoms with Gasteiger partial charge < -0.3 is 5.32 Å². The molecule has 1 aromatic rings. The molecule has 0 bridgehead atoms. The highest BCUT2D eigenvalue weighted by molar-refractivity contribution is 6.18. The molecule has 0 aliphatic heterocycles. The van der Waals surface area contributed by atoms with Gasteiger partial charge >= 0.3 is 0 Å². The summed E-state index contributed by atoms with van der Waals surface area (Å²) in [6.45, 7) is 6.37. The van der Waals surface area contributed by atoms with E-state index in [4.69, 9.17) is 11.6 Å². The van der Waals surface area contributed by atoms with Crippen LogP contribution in [0.2, 0.25) is 0 Å². The van der Waals surface area contributed by atoms with E-state index in [1.54, 1.807) is 0 Å². The average Bonchev–Trinajstić information content (AvgIpc) is 2.44. The van der Waals surface area contributed by atoms with Crippen molar-refractivity contribution in [3.8, 4) is 0 Å². The maximum atomic E-state index is 6.24.